The molecule has 8 N–H and O–H groups in total. The zero-order valence-corrected chi connectivity index (χ0v) is 23.1. The SMILES string of the molecule is CC(COC(=O)C(N)Cc1ccccc1)(C(O)C(=O)C(N)Cc1ccccc1)C(O)C(=O)C(N)Cc1ccccc1. The quantitative estimate of drug-likeness (QED) is 0.170. The van der Waals surface area contributed by atoms with Crippen LogP contribution in [0.3, 0.4) is 0 Å². The molecule has 0 aliphatic carbocycles. The molecule has 0 amide bonds. The number of carbonyl (C=O) groups is 3. The highest BCUT2D eigenvalue weighted by Crippen LogP contribution is 2.30. The minimum absolute atomic E-state index is 0.117. The molecule has 0 aromatic heterocycles. The van der Waals surface area contributed by atoms with E-state index in [1.54, 1.807) is 48.5 Å². The van der Waals surface area contributed by atoms with Gasteiger partial charge in [-0.3, -0.25) is 14.4 Å². The molecule has 0 saturated heterocycles. The average Bonchev–Trinajstić information content (AvgIpc) is 2.99. The highest BCUT2D eigenvalue weighted by molar-refractivity contribution is 5.93. The lowest BCUT2D eigenvalue weighted by molar-refractivity contribution is -0.168. The Balaban J connectivity index is 1.79. The predicted octanol–water partition coefficient (Wildman–Crippen LogP) is 1.11. The summed E-state index contributed by atoms with van der Waals surface area (Å²) < 4.78 is 5.41. The van der Waals surface area contributed by atoms with Crippen LogP contribution in [0.25, 0.3) is 0 Å². The molecule has 218 valence electrons. The summed E-state index contributed by atoms with van der Waals surface area (Å²) in [4.78, 5) is 39.4. The molecule has 0 aliphatic rings. The number of aliphatic hydroxyl groups is 2. The van der Waals surface area contributed by atoms with Crippen molar-refractivity contribution in [3.8, 4) is 0 Å². The molecule has 0 spiro atoms. The molecule has 0 aliphatic heterocycles. The molecule has 9 nitrogen and oxygen atoms in total. The number of aliphatic hydroxyl groups excluding tert-OH is 2. The van der Waals surface area contributed by atoms with E-state index >= 15 is 0 Å². The molecule has 0 saturated carbocycles. The van der Waals surface area contributed by atoms with Crippen LogP contribution in [0, 0.1) is 5.41 Å². The number of carbonyl (C=O) groups excluding carboxylic acids is 3. The van der Waals surface area contributed by atoms with Crippen LogP contribution in [0.15, 0.2) is 91.0 Å². The van der Waals surface area contributed by atoms with Crippen molar-refractivity contribution in [3.63, 3.8) is 0 Å². The maximum Gasteiger partial charge on any atom is 0.323 e. The van der Waals surface area contributed by atoms with Gasteiger partial charge < -0.3 is 32.2 Å². The number of nitrogens with two attached hydrogens (primary N) is 3. The van der Waals surface area contributed by atoms with Crippen molar-refractivity contribution in [1.29, 1.82) is 0 Å². The number of ether oxygens (including phenoxy) is 1. The smallest absolute Gasteiger partial charge is 0.323 e. The fourth-order valence-corrected chi connectivity index (χ4v) is 4.59. The first-order valence-corrected chi connectivity index (χ1v) is 13.5. The molecular formula is C32H39N3O6. The molecule has 41 heavy (non-hydrogen) atoms. The fourth-order valence-electron chi connectivity index (χ4n) is 4.59. The van der Waals surface area contributed by atoms with E-state index in [-0.39, 0.29) is 19.3 Å². The van der Waals surface area contributed by atoms with Crippen molar-refractivity contribution < 1.29 is 29.3 Å². The fraction of sp³-hybridized carbons (Fsp3) is 0.344. The Bertz CT molecular complexity index is 1210. The zero-order valence-electron chi connectivity index (χ0n) is 23.1. The lowest BCUT2D eigenvalue weighted by atomic mass is 9.73. The van der Waals surface area contributed by atoms with Gasteiger partial charge in [-0.15, -0.1) is 0 Å². The lowest BCUT2D eigenvalue weighted by Gasteiger charge is -2.38. The first kappa shape index (κ1) is 31.8. The standard InChI is InChI=1S/C32H39N3O6/c1-32(20-41-31(40)26(35)19-23-15-9-4-10-16-23,29(38)27(36)24(33)17-21-11-5-2-6-12-21)30(39)28(37)25(34)18-22-13-7-3-8-14-22/h2-16,24-26,29-30,38-39H,17-20,33-35H2,1H3. The highest BCUT2D eigenvalue weighted by atomic mass is 16.5. The summed E-state index contributed by atoms with van der Waals surface area (Å²) in [6.45, 7) is 0.614. The van der Waals surface area contributed by atoms with Gasteiger partial charge in [-0.25, -0.2) is 0 Å². The van der Waals surface area contributed by atoms with Gasteiger partial charge in [0.15, 0.2) is 11.6 Å². The van der Waals surface area contributed by atoms with E-state index in [0.717, 1.165) is 16.7 Å². The van der Waals surface area contributed by atoms with Gasteiger partial charge in [0.05, 0.1) is 17.5 Å². The van der Waals surface area contributed by atoms with Gasteiger partial charge in [-0.05, 0) is 36.0 Å². The number of esters is 1. The first-order chi connectivity index (χ1) is 19.5. The van der Waals surface area contributed by atoms with Crippen LogP contribution >= 0.6 is 0 Å². The molecule has 3 aromatic carbocycles. The molecule has 0 radical (unpaired) electrons. The monoisotopic (exact) mass is 561 g/mol. The Kier molecular flexibility index (Phi) is 11.5. The maximum atomic E-state index is 13.3. The van der Waals surface area contributed by atoms with Crippen molar-refractivity contribution in [2.75, 3.05) is 6.61 Å². The van der Waals surface area contributed by atoms with Gasteiger partial charge >= 0.3 is 5.97 Å². The number of hydrogen-bond acceptors (Lipinski definition) is 9. The minimum atomic E-state index is -1.96. The maximum absolute atomic E-state index is 13.3. The summed E-state index contributed by atoms with van der Waals surface area (Å²) in [6.07, 6.45) is -3.49. The topological polar surface area (TPSA) is 179 Å². The van der Waals surface area contributed by atoms with Crippen LogP contribution in [0.2, 0.25) is 0 Å². The third-order valence-electron chi connectivity index (χ3n) is 7.24. The van der Waals surface area contributed by atoms with Crippen LogP contribution in [-0.2, 0) is 38.4 Å². The summed E-state index contributed by atoms with van der Waals surface area (Å²) >= 11 is 0. The molecule has 3 aromatic rings. The van der Waals surface area contributed by atoms with Crippen molar-refractivity contribution in [1.82, 2.24) is 0 Å². The molecule has 0 heterocycles. The zero-order chi connectivity index (χ0) is 30.0. The van der Waals surface area contributed by atoms with Crippen LogP contribution in [0.5, 0.6) is 0 Å². The Morgan fingerprint density at radius 3 is 1.29 bits per heavy atom. The van der Waals surface area contributed by atoms with Gasteiger partial charge in [-0.2, -0.15) is 0 Å². The second kappa shape index (κ2) is 14.8. The summed E-state index contributed by atoms with van der Waals surface area (Å²) in [5.41, 5.74) is 18.7. The summed E-state index contributed by atoms with van der Waals surface area (Å²) in [7, 11) is 0. The third-order valence-corrected chi connectivity index (χ3v) is 7.24. The molecule has 0 fully saturated rings. The highest BCUT2D eigenvalue weighted by Gasteiger charge is 2.50. The molecule has 5 atom stereocenters. The van der Waals surface area contributed by atoms with Crippen LogP contribution in [0.4, 0.5) is 0 Å². The van der Waals surface area contributed by atoms with E-state index in [2.05, 4.69) is 0 Å². The second-order valence-corrected chi connectivity index (χ2v) is 10.6. The van der Waals surface area contributed by atoms with Gasteiger partial charge in [0.2, 0.25) is 0 Å². The number of hydrogen-bond donors (Lipinski definition) is 5. The Morgan fingerprint density at radius 1 is 0.634 bits per heavy atom. The molecule has 0 bridgehead atoms. The predicted molar refractivity (Wildman–Crippen MR) is 155 cm³/mol. The molecular weight excluding hydrogens is 522 g/mol. The van der Waals surface area contributed by atoms with E-state index < -0.39 is 59.9 Å². The number of benzene rings is 3. The van der Waals surface area contributed by atoms with Crippen molar-refractivity contribution in [2.45, 2.75) is 56.5 Å². The molecule has 5 unspecified atom stereocenters. The number of ketones is 2. The first-order valence-electron chi connectivity index (χ1n) is 13.5. The van der Waals surface area contributed by atoms with E-state index in [0.29, 0.717) is 0 Å². The summed E-state index contributed by atoms with van der Waals surface area (Å²) in [6, 6.07) is 23.7. The summed E-state index contributed by atoms with van der Waals surface area (Å²) in [5, 5.41) is 22.5. The lowest BCUT2D eigenvalue weighted by Crippen LogP contribution is -2.59. The Hall–Kier alpha value is -3.73. The van der Waals surface area contributed by atoms with E-state index in [9.17, 15) is 24.6 Å². The molecule has 9 heteroatoms. The minimum Gasteiger partial charge on any atom is -0.464 e. The number of rotatable bonds is 15. The van der Waals surface area contributed by atoms with E-state index in [1.807, 2.05) is 42.5 Å². The normalized spacial score (nSPS) is 16.4. The second-order valence-electron chi connectivity index (χ2n) is 10.6. The summed E-state index contributed by atoms with van der Waals surface area (Å²) in [5.74, 6) is -2.45. The van der Waals surface area contributed by atoms with Crippen LogP contribution in [-0.4, -0.2) is 64.7 Å². The van der Waals surface area contributed by atoms with Gasteiger partial charge in [0.1, 0.15) is 24.9 Å². The van der Waals surface area contributed by atoms with Crippen LogP contribution < -0.4 is 17.2 Å². The van der Waals surface area contributed by atoms with Crippen molar-refractivity contribution >= 4 is 17.5 Å². The largest absolute Gasteiger partial charge is 0.464 e. The van der Waals surface area contributed by atoms with Gasteiger partial charge in [0.25, 0.3) is 0 Å². The Morgan fingerprint density at radius 2 is 0.951 bits per heavy atom. The molecule has 3 rings (SSSR count). The number of Topliss-reactive ketones (excluding diaryl/α,β-unsaturated/α-hetero) is 2. The Labute approximate surface area is 240 Å². The van der Waals surface area contributed by atoms with Crippen molar-refractivity contribution in [2.24, 2.45) is 22.6 Å². The van der Waals surface area contributed by atoms with E-state index in [4.69, 9.17) is 21.9 Å². The van der Waals surface area contributed by atoms with Crippen LogP contribution in [0.1, 0.15) is 23.6 Å². The van der Waals surface area contributed by atoms with Gasteiger partial charge in [-0.1, -0.05) is 97.9 Å². The van der Waals surface area contributed by atoms with E-state index in [1.165, 1.54) is 6.92 Å². The third kappa shape index (κ3) is 8.63. The van der Waals surface area contributed by atoms with Crippen molar-refractivity contribution in [3.05, 3.63) is 108 Å². The average molecular weight is 562 g/mol. The van der Waals surface area contributed by atoms with Gasteiger partial charge in [0, 0.05) is 0 Å².